The summed E-state index contributed by atoms with van der Waals surface area (Å²) < 4.78 is 0.894. The number of aromatic nitrogens is 3. The predicted molar refractivity (Wildman–Crippen MR) is 90.1 cm³/mol. The summed E-state index contributed by atoms with van der Waals surface area (Å²) in [6.07, 6.45) is 5.33. The van der Waals surface area contributed by atoms with E-state index in [0.29, 0.717) is 17.4 Å². The van der Waals surface area contributed by atoms with Crippen molar-refractivity contribution in [2.75, 3.05) is 36.0 Å². The van der Waals surface area contributed by atoms with Crippen LogP contribution in [0, 0.1) is 23.2 Å². The van der Waals surface area contributed by atoms with Crippen LogP contribution in [0.1, 0.15) is 5.56 Å². The smallest absolute Gasteiger partial charge is 0.225 e. The molecule has 0 spiro atoms. The number of halogens is 1. The van der Waals surface area contributed by atoms with Gasteiger partial charge in [0, 0.05) is 56.6 Å². The lowest BCUT2D eigenvalue weighted by Gasteiger charge is -2.22. The maximum Gasteiger partial charge on any atom is 0.225 e. The largest absolute Gasteiger partial charge is 0.355 e. The third-order valence-corrected chi connectivity index (χ3v) is 4.99. The van der Waals surface area contributed by atoms with Gasteiger partial charge in [-0.15, -0.1) is 0 Å². The lowest BCUT2D eigenvalue weighted by atomic mass is 10.0. The van der Waals surface area contributed by atoms with Gasteiger partial charge in [-0.25, -0.2) is 15.0 Å². The van der Waals surface area contributed by atoms with E-state index in [2.05, 4.69) is 46.8 Å². The SMILES string of the molecule is N#Cc1cccnc1N1CC2CN(c3ncc(Br)cn3)CC2C1. The minimum absolute atomic E-state index is 0.566. The molecular weight excluding hydrogens is 356 g/mol. The van der Waals surface area contributed by atoms with Crippen molar-refractivity contribution in [1.29, 1.82) is 5.26 Å². The molecule has 2 atom stereocenters. The average Bonchev–Trinajstić information content (AvgIpc) is 3.14. The predicted octanol–water partition coefficient (Wildman–Crippen LogP) is 2.08. The van der Waals surface area contributed by atoms with E-state index in [1.165, 1.54) is 0 Å². The zero-order chi connectivity index (χ0) is 15.8. The van der Waals surface area contributed by atoms with Gasteiger partial charge in [-0.1, -0.05) is 0 Å². The minimum atomic E-state index is 0.566. The van der Waals surface area contributed by atoms with Crippen LogP contribution < -0.4 is 9.80 Å². The van der Waals surface area contributed by atoms with Crippen molar-refractivity contribution in [3.05, 3.63) is 40.8 Å². The summed E-state index contributed by atoms with van der Waals surface area (Å²) in [5.74, 6) is 2.74. The summed E-state index contributed by atoms with van der Waals surface area (Å²) in [7, 11) is 0. The molecule has 0 aromatic carbocycles. The van der Waals surface area contributed by atoms with E-state index < -0.39 is 0 Å². The first-order chi connectivity index (χ1) is 11.2. The van der Waals surface area contributed by atoms with Crippen LogP contribution >= 0.6 is 15.9 Å². The molecule has 6 nitrogen and oxygen atoms in total. The Hall–Kier alpha value is -2.20. The van der Waals surface area contributed by atoms with Gasteiger partial charge in [0.15, 0.2) is 0 Å². The summed E-state index contributed by atoms with van der Waals surface area (Å²) in [6.45, 7) is 3.78. The molecule has 116 valence electrons. The molecule has 2 aliphatic rings. The van der Waals surface area contributed by atoms with Gasteiger partial charge >= 0.3 is 0 Å². The topological polar surface area (TPSA) is 68.9 Å². The van der Waals surface area contributed by atoms with E-state index in [9.17, 15) is 5.26 Å². The maximum atomic E-state index is 9.25. The summed E-state index contributed by atoms with van der Waals surface area (Å²) in [6, 6.07) is 5.88. The summed E-state index contributed by atoms with van der Waals surface area (Å²) in [4.78, 5) is 17.7. The van der Waals surface area contributed by atoms with Crippen molar-refractivity contribution in [3.8, 4) is 6.07 Å². The molecule has 2 aromatic heterocycles. The molecule has 2 saturated heterocycles. The normalized spacial score (nSPS) is 23.0. The van der Waals surface area contributed by atoms with E-state index in [-0.39, 0.29) is 0 Å². The highest BCUT2D eigenvalue weighted by Crippen LogP contribution is 2.35. The highest BCUT2D eigenvalue weighted by molar-refractivity contribution is 9.10. The van der Waals surface area contributed by atoms with Crippen molar-refractivity contribution in [2.45, 2.75) is 0 Å². The third kappa shape index (κ3) is 2.63. The quantitative estimate of drug-likeness (QED) is 0.805. The van der Waals surface area contributed by atoms with Gasteiger partial charge < -0.3 is 9.80 Å². The van der Waals surface area contributed by atoms with Gasteiger partial charge in [0.1, 0.15) is 11.9 Å². The fourth-order valence-electron chi connectivity index (χ4n) is 3.53. The molecule has 2 unspecified atom stereocenters. The van der Waals surface area contributed by atoms with Crippen molar-refractivity contribution in [3.63, 3.8) is 0 Å². The summed E-state index contributed by atoms with van der Waals surface area (Å²) in [5.41, 5.74) is 0.653. The molecule has 2 fully saturated rings. The second kappa shape index (κ2) is 5.78. The lowest BCUT2D eigenvalue weighted by molar-refractivity contribution is 0.533. The third-order valence-electron chi connectivity index (χ3n) is 4.58. The van der Waals surface area contributed by atoms with Crippen molar-refractivity contribution in [1.82, 2.24) is 15.0 Å². The Kier molecular flexibility index (Phi) is 3.62. The van der Waals surface area contributed by atoms with Crippen molar-refractivity contribution >= 4 is 27.7 Å². The molecule has 23 heavy (non-hydrogen) atoms. The molecule has 7 heteroatoms. The number of hydrogen-bond donors (Lipinski definition) is 0. The number of pyridine rings is 1. The molecular formula is C16H15BrN6. The van der Waals surface area contributed by atoms with Crippen molar-refractivity contribution < 1.29 is 0 Å². The molecule has 2 aromatic rings. The van der Waals surface area contributed by atoms with E-state index in [0.717, 1.165) is 42.4 Å². The minimum Gasteiger partial charge on any atom is -0.355 e. The number of hydrogen-bond acceptors (Lipinski definition) is 6. The monoisotopic (exact) mass is 370 g/mol. The summed E-state index contributed by atoms with van der Waals surface area (Å²) >= 11 is 3.37. The maximum absolute atomic E-state index is 9.25. The Bertz CT molecular complexity index is 742. The average molecular weight is 371 g/mol. The Labute approximate surface area is 142 Å². The second-order valence-electron chi connectivity index (χ2n) is 6.02. The Morgan fingerprint density at radius 2 is 1.70 bits per heavy atom. The number of rotatable bonds is 2. The second-order valence-corrected chi connectivity index (χ2v) is 6.93. The Balaban J connectivity index is 1.48. The first kappa shape index (κ1) is 14.4. The summed E-state index contributed by atoms with van der Waals surface area (Å²) in [5, 5.41) is 9.25. The Morgan fingerprint density at radius 1 is 1.04 bits per heavy atom. The molecule has 0 N–H and O–H groups in total. The molecule has 0 saturated carbocycles. The number of nitriles is 1. The van der Waals surface area contributed by atoms with Crippen LogP contribution in [0.3, 0.4) is 0 Å². The van der Waals surface area contributed by atoms with E-state index in [4.69, 9.17) is 0 Å². The van der Waals surface area contributed by atoms with Gasteiger partial charge in [0.2, 0.25) is 5.95 Å². The van der Waals surface area contributed by atoms with Gasteiger partial charge in [0.05, 0.1) is 10.0 Å². The van der Waals surface area contributed by atoms with Gasteiger partial charge in [-0.05, 0) is 28.1 Å². The number of nitrogens with zero attached hydrogens (tertiary/aromatic N) is 6. The van der Waals surface area contributed by atoms with Crippen LogP contribution in [0.5, 0.6) is 0 Å². The molecule has 2 aliphatic heterocycles. The molecule has 4 heterocycles. The highest BCUT2D eigenvalue weighted by Gasteiger charge is 2.41. The molecule has 4 rings (SSSR count). The van der Waals surface area contributed by atoms with E-state index in [1.807, 2.05) is 12.1 Å². The van der Waals surface area contributed by atoms with Crippen LogP contribution in [-0.4, -0.2) is 41.1 Å². The molecule has 0 amide bonds. The zero-order valence-corrected chi connectivity index (χ0v) is 14.0. The highest BCUT2D eigenvalue weighted by atomic mass is 79.9. The number of fused-ring (bicyclic) bond motifs is 1. The van der Waals surface area contributed by atoms with Crippen LogP contribution in [0.25, 0.3) is 0 Å². The van der Waals surface area contributed by atoms with E-state index >= 15 is 0 Å². The first-order valence-electron chi connectivity index (χ1n) is 7.57. The molecule has 0 aliphatic carbocycles. The fourth-order valence-corrected chi connectivity index (χ4v) is 3.74. The molecule has 0 bridgehead atoms. The lowest BCUT2D eigenvalue weighted by Crippen LogP contribution is -2.30. The first-order valence-corrected chi connectivity index (χ1v) is 8.36. The Morgan fingerprint density at radius 3 is 2.35 bits per heavy atom. The van der Waals surface area contributed by atoms with Crippen LogP contribution in [0.2, 0.25) is 0 Å². The zero-order valence-electron chi connectivity index (χ0n) is 12.4. The fraction of sp³-hybridized carbons (Fsp3) is 0.375. The van der Waals surface area contributed by atoms with Crippen LogP contribution in [0.4, 0.5) is 11.8 Å². The van der Waals surface area contributed by atoms with Gasteiger partial charge in [0.25, 0.3) is 0 Å². The van der Waals surface area contributed by atoms with E-state index in [1.54, 1.807) is 18.6 Å². The molecule has 0 radical (unpaired) electrons. The van der Waals surface area contributed by atoms with Crippen molar-refractivity contribution in [2.24, 2.45) is 11.8 Å². The number of anilines is 2. The van der Waals surface area contributed by atoms with Gasteiger partial charge in [-0.2, -0.15) is 5.26 Å². The van der Waals surface area contributed by atoms with Crippen LogP contribution in [0.15, 0.2) is 35.2 Å². The van der Waals surface area contributed by atoms with Crippen LogP contribution in [-0.2, 0) is 0 Å². The van der Waals surface area contributed by atoms with Gasteiger partial charge in [-0.3, -0.25) is 0 Å². The standard InChI is InChI=1S/C16H15BrN6/c17-14-5-20-16(21-6-14)23-9-12-7-22(8-13(12)10-23)15-11(4-18)2-1-3-19-15/h1-3,5-6,12-13H,7-10H2.